The molecule has 2 aromatic carbocycles. The third kappa shape index (κ3) is 3.92. The van der Waals surface area contributed by atoms with Gasteiger partial charge in [-0.1, -0.05) is 42.5 Å². The number of anilines is 1. The van der Waals surface area contributed by atoms with Gasteiger partial charge in [0.1, 0.15) is 5.84 Å². The Balaban J connectivity index is 1.67. The number of ether oxygens (including phenoxy) is 1. The van der Waals surface area contributed by atoms with E-state index in [0.29, 0.717) is 37.5 Å². The van der Waals surface area contributed by atoms with Gasteiger partial charge in [-0.15, -0.1) is 0 Å². The van der Waals surface area contributed by atoms with Crippen LogP contribution in [0.1, 0.15) is 28.8 Å². The molecule has 0 atom stereocenters. The molecule has 1 aromatic heterocycles. The molecule has 0 radical (unpaired) electrons. The molecule has 1 amide bonds. The van der Waals surface area contributed by atoms with Crippen molar-refractivity contribution in [2.24, 2.45) is 10.7 Å². The number of aromatic nitrogens is 2. The number of benzene rings is 2. The van der Waals surface area contributed by atoms with E-state index in [1.165, 1.54) is 0 Å². The van der Waals surface area contributed by atoms with Crippen molar-refractivity contribution in [2.45, 2.75) is 18.3 Å². The minimum Gasteiger partial charge on any atom is -0.386 e. The highest BCUT2D eigenvalue weighted by atomic mass is 16.5. The fourth-order valence-electron chi connectivity index (χ4n) is 3.74. The van der Waals surface area contributed by atoms with E-state index in [9.17, 15) is 4.79 Å². The second-order valence-electron chi connectivity index (χ2n) is 7.27. The van der Waals surface area contributed by atoms with E-state index in [2.05, 4.69) is 15.0 Å². The normalized spacial score (nSPS) is 16.2. The topological polar surface area (TPSA) is 116 Å². The van der Waals surface area contributed by atoms with Crippen LogP contribution in [0.25, 0.3) is 11.1 Å². The van der Waals surface area contributed by atoms with Crippen LogP contribution in [0.5, 0.6) is 0 Å². The summed E-state index contributed by atoms with van der Waals surface area (Å²) in [5, 5.41) is 0. The van der Waals surface area contributed by atoms with Crippen molar-refractivity contribution < 1.29 is 9.53 Å². The summed E-state index contributed by atoms with van der Waals surface area (Å²) in [4.78, 5) is 25.0. The number of carbonyl (C=O) groups is 1. The molecule has 152 valence electrons. The molecule has 1 fully saturated rings. The molecule has 7 heteroatoms. The average Bonchev–Trinajstić information content (AvgIpc) is 2.80. The van der Waals surface area contributed by atoms with Crippen molar-refractivity contribution >= 4 is 17.7 Å². The number of aliphatic imine (C=N–C) groups is 1. The third-order valence-corrected chi connectivity index (χ3v) is 5.52. The summed E-state index contributed by atoms with van der Waals surface area (Å²) >= 11 is 0. The summed E-state index contributed by atoms with van der Waals surface area (Å²) < 4.78 is 5.57. The molecule has 1 aliphatic rings. The Morgan fingerprint density at radius 3 is 2.20 bits per heavy atom. The Bertz CT molecular complexity index is 1040. The lowest BCUT2D eigenvalue weighted by Crippen LogP contribution is -2.46. The highest BCUT2D eigenvalue weighted by Crippen LogP contribution is 2.36. The molecule has 0 unspecified atom stereocenters. The van der Waals surface area contributed by atoms with Crippen LogP contribution >= 0.6 is 0 Å². The van der Waals surface area contributed by atoms with Crippen molar-refractivity contribution in [1.29, 1.82) is 0 Å². The summed E-state index contributed by atoms with van der Waals surface area (Å²) in [5.41, 5.74) is 14.9. The Morgan fingerprint density at radius 2 is 1.57 bits per heavy atom. The van der Waals surface area contributed by atoms with E-state index in [0.717, 1.165) is 16.7 Å². The van der Waals surface area contributed by atoms with Gasteiger partial charge in [0.2, 0.25) is 5.95 Å². The van der Waals surface area contributed by atoms with Crippen LogP contribution in [0, 0.1) is 0 Å². The second-order valence-corrected chi connectivity index (χ2v) is 7.27. The molecule has 30 heavy (non-hydrogen) atoms. The van der Waals surface area contributed by atoms with Crippen molar-refractivity contribution in [3.8, 4) is 11.1 Å². The molecule has 1 aliphatic heterocycles. The first-order valence-electron chi connectivity index (χ1n) is 9.79. The molecule has 4 rings (SSSR count). The Morgan fingerprint density at radius 1 is 0.933 bits per heavy atom. The van der Waals surface area contributed by atoms with E-state index in [-0.39, 0.29) is 11.9 Å². The van der Waals surface area contributed by atoms with Crippen molar-refractivity contribution in [3.63, 3.8) is 0 Å². The number of carbonyl (C=O) groups excluding carboxylic acids is 1. The van der Waals surface area contributed by atoms with E-state index < -0.39 is 5.41 Å². The van der Waals surface area contributed by atoms with Crippen molar-refractivity contribution in [3.05, 3.63) is 78.1 Å². The zero-order valence-electron chi connectivity index (χ0n) is 16.5. The molecule has 2 heterocycles. The van der Waals surface area contributed by atoms with Crippen LogP contribution in [0.15, 0.2) is 72.0 Å². The number of nitrogen functional groups attached to an aromatic ring is 1. The summed E-state index contributed by atoms with van der Waals surface area (Å²) in [7, 11) is 0. The van der Waals surface area contributed by atoms with E-state index in [1.807, 2.05) is 42.5 Å². The minimum atomic E-state index is -0.543. The predicted octanol–water partition coefficient (Wildman–Crippen LogP) is 2.97. The van der Waals surface area contributed by atoms with Gasteiger partial charge in [-0.3, -0.25) is 4.79 Å². The lowest BCUT2D eigenvalue weighted by molar-refractivity contribution is 0.0701. The summed E-state index contributed by atoms with van der Waals surface area (Å²) in [5.74, 6) is 0.224. The van der Waals surface area contributed by atoms with Gasteiger partial charge in [0.05, 0.1) is 5.41 Å². The Labute approximate surface area is 174 Å². The fourth-order valence-corrected chi connectivity index (χ4v) is 3.74. The van der Waals surface area contributed by atoms with Crippen LogP contribution in [-0.2, 0) is 10.2 Å². The van der Waals surface area contributed by atoms with Gasteiger partial charge in [0.25, 0.3) is 5.91 Å². The number of hydrogen-bond donors (Lipinski definition) is 2. The number of nitrogens with two attached hydrogens (primary N) is 2. The summed E-state index contributed by atoms with van der Waals surface area (Å²) in [6.07, 6.45) is 4.70. The monoisotopic (exact) mass is 401 g/mol. The second kappa shape index (κ2) is 8.42. The first kappa shape index (κ1) is 19.7. The van der Waals surface area contributed by atoms with Crippen molar-refractivity contribution in [2.75, 3.05) is 18.9 Å². The molecule has 0 aliphatic carbocycles. The third-order valence-electron chi connectivity index (χ3n) is 5.52. The SMILES string of the molecule is NC(=NC(=O)c1ccccc1)C1(c2ccc(-c3cnc(N)nc3)cc2)CCOCC1. The van der Waals surface area contributed by atoms with Gasteiger partial charge in [0.15, 0.2) is 0 Å². The lowest BCUT2D eigenvalue weighted by Gasteiger charge is -2.37. The maximum atomic E-state index is 12.6. The largest absolute Gasteiger partial charge is 0.386 e. The predicted molar refractivity (Wildman–Crippen MR) is 116 cm³/mol. The smallest absolute Gasteiger partial charge is 0.278 e. The quantitative estimate of drug-likeness (QED) is 0.513. The molecular weight excluding hydrogens is 378 g/mol. The van der Waals surface area contributed by atoms with E-state index in [4.69, 9.17) is 16.2 Å². The molecule has 0 spiro atoms. The Hall–Kier alpha value is -3.58. The molecule has 0 saturated carbocycles. The van der Waals surface area contributed by atoms with Gasteiger partial charge in [0, 0.05) is 36.7 Å². The molecular formula is C23H23N5O2. The van der Waals surface area contributed by atoms with Gasteiger partial charge in [-0.2, -0.15) is 4.99 Å². The Kier molecular flexibility index (Phi) is 5.54. The van der Waals surface area contributed by atoms with Gasteiger partial charge in [-0.25, -0.2) is 9.97 Å². The zero-order chi connectivity index (χ0) is 21.0. The molecule has 1 saturated heterocycles. The highest BCUT2D eigenvalue weighted by molar-refractivity contribution is 6.06. The summed E-state index contributed by atoms with van der Waals surface area (Å²) in [6, 6.07) is 17.0. The zero-order valence-corrected chi connectivity index (χ0v) is 16.5. The van der Waals surface area contributed by atoms with Gasteiger partial charge < -0.3 is 16.2 Å². The van der Waals surface area contributed by atoms with E-state index >= 15 is 0 Å². The highest BCUT2D eigenvalue weighted by Gasteiger charge is 2.39. The van der Waals surface area contributed by atoms with Crippen LogP contribution < -0.4 is 11.5 Å². The van der Waals surface area contributed by atoms with Crippen LogP contribution in [-0.4, -0.2) is 34.9 Å². The van der Waals surface area contributed by atoms with E-state index in [1.54, 1.807) is 24.5 Å². The van der Waals surface area contributed by atoms with Crippen LogP contribution in [0.4, 0.5) is 5.95 Å². The maximum absolute atomic E-state index is 12.6. The number of nitrogens with zero attached hydrogens (tertiary/aromatic N) is 3. The minimum absolute atomic E-state index is 0.239. The first-order chi connectivity index (χ1) is 14.6. The number of amides is 1. The van der Waals surface area contributed by atoms with Crippen molar-refractivity contribution in [1.82, 2.24) is 9.97 Å². The standard InChI is InChI=1S/C23H23N5O2/c24-21(28-20(29)17-4-2-1-3-5-17)23(10-12-30-13-11-23)19-8-6-16(7-9-19)18-14-26-22(25)27-15-18/h1-9,14-15H,10-13H2,(H2,24,28,29)(H2,25,26,27). The fraction of sp³-hybridized carbons (Fsp3) is 0.217. The first-order valence-corrected chi connectivity index (χ1v) is 9.79. The summed E-state index contributed by atoms with van der Waals surface area (Å²) in [6.45, 7) is 1.12. The molecule has 3 aromatic rings. The molecule has 4 N–H and O–H groups in total. The van der Waals surface area contributed by atoms with Gasteiger partial charge >= 0.3 is 0 Å². The average molecular weight is 401 g/mol. The number of amidine groups is 1. The number of rotatable bonds is 4. The van der Waals surface area contributed by atoms with Gasteiger partial charge in [-0.05, 0) is 36.1 Å². The number of hydrogen-bond acceptors (Lipinski definition) is 5. The lowest BCUT2D eigenvalue weighted by atomic mass is 9.73. The maximum Gasteiger partial charge on any atom is 0.278 e. The van der Waals surface area contributed by atoms with Crippen LogP contribution in [0.3, 0.4) is 0 Å². The molecule has 7 nitrogen and oxygen atoms in total. The van der Waals surface area contributed by atoms with Crippen LogP contribution in [0.2, 0.25) is 0 Å². The molecule has 0 bridgehead atoms.